The Kier molecular flexibility index (Phi) is 4.60. The van der Waals surface area contributed by atoms with Crippen LogP contribution in [0.25, 0.3) is 0 Å². The number of hydrogen-bond acceptors (Lipinski definition) is 1. The molecule has 0 bridgehead atoms. The van der Waals surface area contributed by atoms with E-state index in [0.29, 0.717) is 0 Å². The third kappa shape index (κ3) is 3.22. The predicted molar refractivity (Wildman–Crippen MR) is 55.2 cm³/mol. The third-order valence-corrected chi connectivity index (χ3v) is 2.80. The van der Waals surface area contributed by atoms with Gasteiger partial charge in [-0.15, -0.1) is 0 Å². The maximum atomic E-state index is 9.00. The van der Waals surface area contributed by atoms with Crippen LogP contribution in [0.2, 0.25) is 0 Å². The molecule has 0 spiro atoms. The smallest absolute Gasteiger partial charge is 0.0946 e. The molecule has 72 valence electrons. The van der Waals surface area contributed by atoms with Crippen molar-refractivity contribution in [1.29, 1.82) is 5.26 Å². The molecule has 0 aliphatic heterocycles. The number of nitrogens with zero attached hydrogens (tertiary/aromatic N) is 1. The minimum atomic E-state index is 1.02. The van der Waals surface area contributed by atoms with Gasteiger partial charge in [0.05, 0.1) is 6.07 Å². The van der Waals surface area contributed by atoms with E-state index < -0.39 is 0 Å². The zero-order valence-corrected chi connectivity index (χ0v) is 8.60. The zero-order chi connectivity index (χ0) is 9.52. The van der Waals surface area contributed by atoms with Gasteiger partial charge in [-0.2, -0.15) is 5.26 Å². The van der Waals surface area contributed by atoms with Gasteiger partial charge in [0.25, 0.3) is 0 Å². The fraction of sp³-hybridized carbons (Fsp3) is 0.750. The van der Waals surface area contributed by atoms with Crippen molar-refractivity contribution in [2.75, 3.05) is 0 Å². The van der Waals surface area contributed by atoms with Gasteiger partial charge in [-0.25, -0.2) is 0 Å². The van der Waals surface area contributed by atoms with Crippen LogP contribution in [0, 0.1) is 11.3 Å². The summed E-state index contributed by atoms with van der Waals surface area (Å²) in [4.78, 5) is 0. The quantitative estimate of drug-likeness (QED) is 0.598. The molecule has 1 nitrogen and oxygen atoms in total. The first-order chi connectivity index (χ1) is 6.38. The van der Waals surface area contributed by atoms with Crippen molar-refractivity contribution in [3.8, 4) is 6.07 Å². The van der Waals surface area contributed by atoms with Gasteiger partial charge in [0.1, 0.15) is 0 Å². The summed E-state index contributed by atoms with van der Waals surface area (Å²) in [7, 11) is 0. The van der Waals surface area contributed by atoms with E-state index in [2.05, 4.69) is 13.0 Å². The van der Waals surface area contributed by atoms with Gasteiger partial charge in [0.2, 0.25) is 0 Å². The highest BCUT2D eigenvalue weighted by atomic mass is 14.3. The summed E-state index contributed by atoms with van der Waals surface area (Å²) in [6.07, 6.45) is 9.71. The number of nitriles is 1. The van der Waals surface area contributed by atoms with Gasteiger partial charge in [0.15, 0.2) is 0 Å². The van der Waals surface area contributed by atoms with Crippen molar-refractivity contribution in [2.45, 2.75) is 58.3 Å². The van der Waals surface area contributed by atoms with Crippen molar-refractivity contribution in [3.05, 3.63) is 11.1 Å². The van der Waals surface area contributed by atoms with E-state index in [4.69, 9.17) is 5.26 Å². The fourth-order valence-corrected chi connectivity index (χ4v) is 1.95. The van der Waals surface area contributed by atoms with Crippen LogP contribution in [0.1, 0.15) is 58.3 Å². The summed E-state index contributed by atoms with van der Waals surface area (Å²) < 4.78 is 0. The van der Waals surface area contributed by atoms with Crippen LogP contribution >= 0.6 is 0 Å². The summed E-state index contributed by atoms with van der Waals surface area (Å²) in [6.45, 7) is 2.18. The molecule has 0 aromatic carbocycles. The molecule has 0 aromatic rings. The fourth-order valence-electron chi connectivity index (χ4n) is 1.95. The molecule has 13 heavy (non-hydrogen) atoms. The molecule has 0 unspecified atom stereocenters. The monoisotopic (exact) mass is 177 g/mol. The average Bonchev–Trinajstić information content (AvgIpc) is 2.21. The van der Waals surface area contributed by atoms with Gasteiger partial charge in [-0.05, 0) is 38.5 Å². The molecule has 1 saturated carbocycles. The Morgan fingerprint density at radius 1 is 1.31 bits per heavy atom. The lowest BCUT2D eigenvalue weighted by Gasteiger charge is -2.15. The first kappa shape index (κ1) is 10.3. The van der Waals surface area contributed by atoms with Crippen molar-refractivity contribution in [2.24, 2.45) is 0 Å². The molecule has 1 fully saturated rings. The van der Waals surface area contributed by atoms with Crippen molar-refractivity contribution in [1.82, 2.24) is 0 Å². The molecule has 0 amide bonds. The Morgan fingerprint density at radius 2 is 2.00 bits per heavy atom. The maximum absolute atomic E-state index is 9.00. The third-order valence-electron chi connectivity index (χ3n) is 2.80. The predicted octanol–water partition coefficient (Wildman–Crippen LogP) is 3.96. The van der Waals surface area contributed by atoms with E-state index in [-0.39, 0.29) is 0 Å². The lowest BCUT2D eigenvalue weighted by Crippen LogP contribution is -1.98. The van der Waals surface area contributed by atoms with Crippen LogP contribution < -0.4 is 0 Å². The summed E-state index contributed by atoms with van der Waals surface area (Å²) >= 11 is 0. The summed E-state index contributed by atoms with van der Waals surface area (Å²) in [5, 5.41) is 9.00. The van der Waals surface area contributed by atoms with Gasteiger partial charge in [0, 0.05) is 5.57 Å². The topological polar surface area (TPSA) is 23.8 Å². The molecule has 1 aliphatic rings. The van der Waals surface area contributed by atoms with Gasteiger partial charge in [-0.1, -0.05) is 25.3 Å². The normalized spacial score (nSPS) is 16.8. The van der Waals surface area contributed by atoms with Crippen LogP contribution in [0.3, 0.4) is 0 Å². The van der Waals surface area contributed by atoms with Crippen molar-refractivity contribution >= 4 is 0 Å². The molecule has 1 heteroatoms. The van der Waals surface area contributed by atoms with E-state index >= 15 is 0 Å². The molecular weight excluding hydrogens is 158 g/mol. The minimum Gasteiger partial charge on any atom is -0.193 e. The van der Waals surface area contributed by atoms with E-state index in [1.165, 1.54) is 50.5 Å². The lowest BCUT2D eigenvalue weighted by atomic mass is 9.90. The molecule has 0 aromatic heterocycles. The van der Waals surface area contributed by atoms with Gasteiger partial charge >= 0.3 is 0 Å². The van der Waals surface area contributed by atoms with Crippen molar-refractivity contribution in [3.63, 3.8) is 0 Å². The molecular formula is C12H19N. The average molecular weight is 177 g/mol. The van der Waals surface area contributed by atoms with Crippen LogP contribution in [-0.2, 0) is 0 Å². The minimum absolute atomic E-state index is 1.02. The van der Waals surface area contributed by atoms with Gasteiger partial charge < -0.3 is 0 Å². The van der Waals surface area contributed by atoms with E-state index in [1.807, 2.05) is 0 Å². The number of hydrogen-bond donors (Lipinski definition) is 0. The maximum Gasteiger partial charge on any atom is 0.0946 e. The highest BCUT2D eigenvalue weighted by Gasteiger charge is 2.10. The summed E-state index contributed by atoms with van der Waals surface area (Å²) in [5.74, 6) is 0. The second-order valence-corrected chi connectivity index (χ2v) is 3.86. The van der Waals surface area contributed by atoms with Crippen LogP contribution in [0.4, 0.5) is 0 Å². The Bertz CT molecular complexity index is 212. The second-order valence-electron chi connectivity index (χ2n) is 3.86. The van der Waals surface area contributed by atoms with Gasteiger partial charge in [-0.3, -0.25) is 0 Å². The van der Waals surface area contributed by atoms with Crippen LogP contribution in [-0.4, -0.2) is 0 Å². The Morgan fingerprint density at radius 3 is 2.54 bits per heavy atom. The summed E-state index contributed by atoms with van der Waals surface area (Å²) in [5.41, 5.74) is 2.56. The highest BCUT2D eigenvalue weighted by Crippen LogP contribution is 2.27. The highest BCUT2D eigenvalue weighted by molar-refractivity contribution is 5.28. The lowest BCUT2D eigenvalue weighted by molar-refractivity contribution is 0.590. The molecule has 1 rings (SSSR count). The Labute approximate surface area is 81.5 Å². The van der Waals surface area contributed by atoms with Crippen LogP contribution in [0.15, 0.2) is 11.1 Å². The number of unbranched alkanes of at least 4 members (excludes halogenated alkanes) is 1. The first-order valence-electron chi connectivity index (χ1n) is 5.49. The molecule has 0 radical (unpaired) electrons. The largest absolute Gasteiger partial charge is 0.193 e. The SMILES string of the molecule is CCCCC(C#N)=C1CCCCC1. The Balaban J connectivity index is 2.55. The molecule has 0 heterocycles. The van der Waals surface area contributed by atoms with Crippen LogP contribution in [0.5, 0.6) is 0 Å². The van der Waals surface area contributed by atoms with E-state index in [0.717, 1.165) is 12.0 Å². The molecule has 0 saturated heterocycles. The first-order valence-corrected chi connectivity index (χ1v) is 5.49. The molecule has 0 atom stereocenters. The zero-order valence-electron chi connectivity index (χ0n) is 8.60. The van der Waals surface area contributed by atoms with Crippen molar-refractivity contribution < 1.29 is 0 Å². The molecule has 0 N–H and O–H groups in total. The number of allylic oxidation sites excluding steroid dienone is 2. The van der Waals surface area contributed by atoms with E-state index in [9.17, 15) is 0 Å². The standard InChI is InChI=1S/C12H19N/c1-2-3-7-12(10-13)11-8-5-4-6-9-11/h2-9H2,1H3. The van der Waals surface area contributed by atoms with E-state index in [1.54, 1.807) is 0 Å². The molecule has 1 aliphatic carbocycles. The number of rotatable bonds is 3. The Hall–Kier alpha value is -0.770. The summed E-state index contributed by atoms with van der Waals surface area (Å²) in [6, 6.07) is 2.39. The second kappa shape index (κ2) is 5.80.